The number of hydrogen-bond acceptors (Lipinski definition) is 7. The van der Waals surface area contributed by atoms with Gasteiger partial charge in [0.15, 0.2) is 17.3 Å². The van der Waals surface area contributed by atoms with Crippen molar-refractivity contribution in [2.24, 2.45) is 0 Å². The van der Waals surface area contributed by atoms with Gasteiger partial charge in [-0.3, -0.25) is 9.69 Å². The van der Waals surface area contributed by atoms with E-state index in [-0.39, 0.29) is 17.4 Å². The van der Waals surface area contributed by atoms with Crippen molar-refractivity contribution in [1.29, 1.82) is 0 Å². The van der Waals surface area contributed by atoms with Gasteiger partial charge in [0.25, 0.3) is 5.56 Å². The number of aromatic amines is 1. The lowest BCUT2D eigenvalue weighted by atomic mass is 10.1. The molecule has 1 N–H and O–H groups in total. The molecule has 0 radical (unpaired) electrons. The van der Waals surface area contributed by atoms with Gasteiger partial charge in [-0.25, -0.2) is 9.07 Å². The number of rotatable bonds is 8. The van der Waals surface area contributed by atoms with E-state index < -0.39 is 0 Å². The molecule has 10 heteroatoms. The Morgan fingerprint density at radius 3 is 2.55 bits per heavy atom. The molecule has 6 rings (SSSR count). The van der Waals surface area contributed by atoms with Gasteiger partial charge in [0, 0.05) is 30.1 Å². The maximum absolute atomic E-state index is 13.7. The Labute approximate surface area is 219 Å². The third-order valence-electron chi connectivity index (χ3n) is 7.57. The molecule has 0 spiro atoms. The van der Waals surface area contributed by atoms with Crippen LogP contribution in [0.15, 0.2) is 47.3 Å². The smallest absolute Gasteiger partial charge is 0.252 e. The van der Waals surface area contributed by atoms with Crippen LogP contribution in [0.1, 0.15) is 68.1 Å². The van der Waals surface area contributed by atoms with Crippen LogP contribution in [-0.2, 0) is 13.1 Å². The number of tetrazole rings is 1. The number of fused-ring (bicyclic) bond motifs is 2. The lowest BCUT2D eigenvalue weighted by Crippen LogP contribution is -2.32. The first-order chi connectivity index (χ1) is 18.6. The summed E-state index contributed by atoms with van der Waals surface area (Å²) in [6, 6.07) is 12.3. The fourth-order valence-electron chi connectivity index (χ4n) is 5.66. The lowest BCUT2D eigenvalue weighted by Gasteiger charge is -2.31. The summed E-state index contributed by atoms with van der Waals surface area (Å²) < 4.78 is 27.1. The average molecular weight is 519 g/mol. The minimum Gasteiger partial charge on any atom is -0.486 e. The molecule has 2 aromatic heterocycles. The highest BCUT2D eigenvalue weighted by atomic mass is 19.1. The summed E-state index contributed by atoms with van der Waals surface area (Å²) in [7, 11) is 0. The molecule has 9 nitrogen and oxygen atoms in total. The standard InChI is InChI=1S/C28H31FN6O3/c1-2-24(27-31-32-33-35(27)22-5-3-4-6-22)34(16-18-7-9-21(29)10-8-18)17-20-13-19-14-25-26(38-12-11-37-25)15-23(19)30-28(20)36/h7-10,13-15,22,24H,2-6,11-12,16-17H2,1H3,(H,30,36). The number of hydrogen-bond donors (Lipinski definition) is 1. The minimum absolute atomic E-state index is 0.133. The summed E-state index contributed by atoms with van der Waals surface area (Å²) in [4.78, 5) is 18.5. The third-order valence-corrected chi connectivity index (χ3v) is 7.57. The van der Waals surface area contributed by atoms with E-state index in [1.165, 1.54) is 25.0 Å². The highest BCUT2D eigenvalue weighted by Crippen LogP contribution is 2.35. The van der Waals surface area contributed by atoms with Crippen LogP contribution in [0.4, 0.5) is 4.39 Å². The quantitative estimate of drug-likeness (QED) is 0.361. The molecule has 1 fully saturated rings. The van der Waals surface area contributed by atoms with Crippen molar-refractivity contribution < 1.29 is 13.9 Å². The second-order valence-electron chi connectivity index (χ2n) is 10.1. The summed E-state index contributed by atoms with van der Waals surface area (Å²) in [6.45, 7) is 3.96. The van der Waals surface area contributed by atoms with Gasteiger partial charge < -0.3 is 14.5 Å². The number of nitrogens with zero attached hydrogens (tertiary/aromatic N) is 5. The minimum atomic E-state index is -0.280. The molecule has 0 amide bonds. The van der Waals surface area contributed by atoms with Gasteiger partial charge in [0.2, 0.25) is 0 Å². The Morgan fingerprint density at radius 1 is 1.08 bits per heavy atom. The number of halogens is 1. The molecule has 4 aromatic rings. The zero-order valence-electron chi connectivity index (χ0n) is 21.4. The molecule has 0 bridgehead atoms. The molecule has 198 valence electrons. The first kappa shape index (κ1) is 24.5. The van der Waals surface area contributed by atoms with Crippen molar-refractivity contribution in [3.8, 4) is 11.5 Å². The summed E-state index contributed by atoms with van der Waals surface area (Å²) in [5.74, 6) is 1.83. The number of aromatic nitrogens is 5. The molecule has 1 aliphatic heterocycles. The largest absolute Gasteiger partial charge is 0.486 e. The van der Waals surface area contributed by atoms with Crippen LogP contribution in [0.25, 0.3) is 10.9 Å². The monoisotopic (exact) mass is 518 g/mol. The third kappa shape index (κ3) is 4.88. The molecule has 3 heterocycles. The van der Waals surface area contributed by atoms with Crippen molar-refractivity contribution in [3.63, 3.8) is 0 Å². The molecule has 0 saturated heterocycles. The van der Waals surface area contributed by atoms with Gasteiger partial charge in [-0.2, -0.15) is 0 Å². The normalized spacial score (nSPS) is 16.4. The van der Waals surface area contributed by atoms with E-state index in [2.05, 4.69) is 32.3 Å². The second kappa shape index (κ2) is 10.5. The lowest BCUT2D eigenvalue weighted by molar-refractivity contribution is 0.158. The Hall–Kier alpha value is -3.79. The Bertz CT molecular complexity index is 1480. The van der Waals surface area contributed by atoms with Crippen LogP contribution < -0.4 is 15.0 Å². The maximum Gasteiger partial charge on any atom is 0.252 e. The van der Waals surface area contributed by atoms with E-state index in [0.29, 0.717) is 54.9 Å². The SMILES string of the molecule is CCC(c1nnnn1C1CCCC1)N(Cc1ccc(F)cc1)Cc1cc2cc3c(cc2[nH]c1=O)OCCO3. The van der Waals surface area contributed by atoms with E-state index in [9.17, 15) is 9.18 Å². The van der Waals surface area contributed by atoms with Crippen LogP contribution in [-0.4, -0.2) is 43.3 Å². The Morgan fingerprint density at radius 2 is 1.82 bits per heavy atom. The van der Waals surface area contributed by atoms with Crippen molar-refractivity contribution in [2.75, 3.05) is 13.2 Å². The topological polar surface area (TPSA) is 98.2 Å². The molecular weight excluding hydrogens is 487 g/mol. The maximum atomic E-state index is 13.7. The molecule has 1 saturated carbocycles. The number of benzene rings is 2. The fourth-order valence-corrected chi connectivity index (χ4v) is 5.66. The molecule has 1 unspecified atom stereocenters. The van der Waals surface area contributed by atoms with Crippen molar-refractivity contribution >= 4 is 10.9 Å². The molecule has 2 aromatic carbocycles. The van der Waals surface area contributed by atoms with E-state index in [1.807, 2.05) is 22.9 Å². The number of H-pyrrole nitrogens is 1. The Kier molecular flexibility index (Phi) is 6.80. The highest BCUT2D eigenvalue weighted by Gasteiger charge is 2.30. The van der Waals surface area contributed by atoms with Crippen LogP contribution in [0.3, 0.4) is 0 Å². The van der Waals surface area contributed by atoms with Crippen LogP contribution in [0.5, 0.6) is 11.5 Å². The second-order valence-corrected chi connectivity index (χ2v) is 10.1. The van der Waals surface area contributed by atoms with Gasteiger partial charge in [0.05, 0.1) is 17.6 Å². The van der Waals surface area contributed by atoms with Crippen LogP contribution >= 0.6 is 0 Å². The highest BCUT2D eigenvalue weighted by molar-refractivity contribution is 5.83. The molecule has 1 atom stereocenters. The van der Waals surface area contributed by atoms with Gasteiger partial charge >= 0.3 is 0 Å². The molecular formula is C28H31FN6O3. The van der Waals surface area contributed by atoms with Crippen LogP contribution in [0, 0.1) is 5.82 Å². The Balaban J connectivity index is 1.38. The van der Waals surface area contributed by atoms with Gasteiger partial charge in [-0.1, -0.05) is 31.9 Å². The first-order valence-electron chi connectivity index (χ1n) is 13.3. The van der Waals surface area contributed by atoms with Crippen molar-refractivity contribution in [1.82, 2.24) is 30.1 Å². The average Bonchev–Trinajstić information content (AvgIpc) is 3.62. The zero-order chi connectivity index (χ0) is 26.1. The number of ether oxygens (including phenoxy) is 2. The van der Waals surface area contributed by atoms with Gasteiger partial charge in [0.1, 0.15) is 19.0 Å². The van der Waals surface area contributed by atoms with E-state index in [1.54, 1.807) is 12.1 Å². The zero-order valence-corrected chi connectivity index (χ0v) is 21.4. The van der Waals surface area contributed by atoms with E-state index >= 15 is 0 Å². The van der Waals surface area contributed by atoms with Gasteiger partial charge in [-0.05, 0) is 59.5 Å². The summed E-state index contributed by atoms with van der Waals surface area (Å²) in [6.07, 6.45) is 5.22. The predicted octanol–water partition coefficient (Wildman–Crippen LogP) is 4.69. The van der Waals surface area contributed by atoms with E-state index in [0.717, 1.165) is 36.0 Å². The summed E-state index contributed by atoms with van der Waals surface area (Å²) >= 11 is 0. The van der Waals surface area contributed by atoms with Crippen molar-refractivity contribution in [2.45, 2.75) is 64.2 Å². The van der Waals surface area contributed by atoms with Crippen LogP contribution in [0.2, 0.25) is 0 Å². The first-order valence-corrected chi connectivity index (χ1v) is 13.3. The van der Waals surface area contributed by atoms with E-state index in [4.69, 9.17) is 9.47 Å². The predicted molar refractivity (Wildman–Crippen MR) is 140 cm³/mol. The fraction of sp³-hybridized carbons (Fsp3) is 0.429. The summed E-state index contributed by atoms with van der Waals surface area (Å²) in [5.41, 5.74) is 2.10. The molecule has 2 aliphatic rings. The molecule has 38 heavy (non-hydrogen) atoms. The number of pyridine rings is 1. The summed E-state index contributed by atoms with van der Waals surface area (Å²) in [5, 5.41) is 13.7. The molecule has 1 aliphatic carbocycles. The van der Waals surface area contributed by atoms with Crippen molar-refractivity contribution in [3.05, 3.63) is 75.6 Å². The van der Waals surface area contributed by atoms with Gasteiger partial charge in [-0.15, -0.1) is 5.10 Å². The number of nitrogens with one attached hydrogen (secondary N) is 1.